The SMILES string of the molecule is CCOc1cccc(CNc2cc(Br)ccc2F)c1OC. The van der Waals surface area contributed by atoms with Gasteiger partial charge in [0.1, 0.15) is 5.82 Å². The van der Waals surface area contributed by atoms with Crippen molar-refractivity contribution in [1.29, 1.82) is 0 Å². The van der Waals surface area contributed by atoms with Crippen molar-refractivity contribution in [2.75, 3.05) is 19.0 Å². The van der Waals surface area contributed by atoms with Crippen LogP contribution in [0.5, 0.6) is 11.5 Å². The van der Waals surface area contributed by atoms with Crippen LogP contribution >= 0.6 is 15.9 Å². The van der Waals surface area contributed by atoms with E-state index >= 15 is 0 Å². The van der Waals surface area contributed by atoms with Gasteiger partial charge in [-0.2, -0.15) is 0 Å². The number of rotatable bonds is 6. The van der Waals surface area contributed by atoms with E-state index < -0.39 is 0 Å². The molecular weight excluding hydrogens is 337 g/mol. The molecule has 0 aliphatic rings. The first-order chi connectivity index (χ1) is 10.2. The number of benzene rings is 2. The van der Waals surface area contributed by atoms with E-state index in [0.29, 0.717) is 30.3 Å². The lowest BCUT2D eigenvalue weighted by molar-refractivity contribution is 0.309. The minimum atomic E-state index is -0.293. The Morgan fingerprint density at radius 1 is 1.24 bits per heavy atom. The normalized spacial score (nSPS) is 10.3. The van der Waals surface area contributed by atoms with Crippen molar-refractivity contribution < 1.29 is 13.9 Å². The maximum Gasteiger partial charge on any atom is 0.165 e. The van der Waals surface area contributed by atoms with Gasteiger partial charge in [0.15, 0.2) is 11.5 Å². The Bertz CT molecular complexity index is 619. The molecule has 112 valence electrons. The monoisotopic (exact) mass is 353 g/mol. The fourth-order valence-electron chi connectivity index (χ4n) is 2.02. The highest BCUT2D eigenvalue weighted by Crippen LogP contribution is 2.32. The summed E-state index contributed by atoms with van der Waals surface area (Å²) in [6.45, 7) is 2.92. The fraction of sp³-hybridized carbons (Fsp3) is 0.250. The number of para-hydroxylation sites is 1. The summed E-state index contributed by atoms with van der Waals surface area (Å²) in [7, 11) is 1.60. The van der Waals surface area contributed by atoms with Crippen LogP contribution in [0.3, 0.4) is 0 Å². The molecule has 2 rings (SSSR count). The molecule has 0 spiro atoms. The van der Waals surface area contributed by atoms with Gasteiger partial charge in [-0.15, -0.1) is 0 Å². The van der Waals surface area contributed by atoms with E-state index in [1.165, 1.54) is 6.07 Å². The lowest BCUT2D eigenvalue weighted by Gasteiger charge is -2.15. The van der Waals surface area contributed by atoms with Crippen LogP contribution in [0.4, 0.5) is 10.1 Å². The second-order valence-electron chi connectivity index (χ2n) is 4.36. The molecule has 0 aromatic heterocycles. The van der Waals surface area contributed by atoms with Gasteiger partial charge in [0.05, 0.1) is 19.4 Å². The van der Waals surface area contributed by atoms with Crippen molar-refractivity contribution in [3.05, 3.63) is 52.3 Å². The first-order valence-corrected chi connectivity index (χ1v) is 7.42. The molecule has 0 aliphatic heterocycles. The predicted molar refractivity (Wildman–Crippen MR) is 85.6 cm³/mol. The van der Waals surface area contributed by atoms with Gasteiger partial charge >= 0.3 is 0 Å². The minimum Gasteiger partial charge on any atom is -0.493 e. The summed E-state index contributed by atoms with van der Waals surface area (Å²) in [5.41, 5.74) is 1.34. The molecule has 0 aliphatic carbocycles. The van der Waals surface area contributed by atoms with E-state index in [0.717, 1.165) is 10.0 Å². The van der Waals surface area contributed by atoms with Gasteiger partial charge in [-0.1, -0.05) is 28.1 Å². The van der Waals surface area contributed by atoms with E-state index in [9.17, 15) is 4.39 Å². The summed E-state index contributed by atoms with van der Waals surface area (Å²) in [6, 6.07) is 10.4. The van der Waals surface area contributed by atoms with Crippen LogP contribution in [0, 0.1) is 5.82 Å². The van der Waals surface area contributed by atoms with Crippen LogP contribution in [0.25, 0.3) is 0 Å². The summed E-state index contributed by atoms with van der Waals surface area (Å²) < 4.78 is 25.5. The van der Waals surface area contributed by atoms with Gasteiger partial charge < -0.3 is 14.8 Å². The Hall–Kier alpha value is -1.75. The summed E-state index contributed by atoms with van der Waals surface area (Å²) in [6.07, 6.45) is 0. The number of anilines is 1. The highest BCUT2D eigenvalue weighted by molar-refractivity contribution is 9.10. The van der Waals surface area contributed by atoms with Crippen LogP contribution < -0.4 is 14.8 Å². The second-order valence-corrected chi connectivity index (χ2v) is 5.27. The molecule has 0 heterocycles. The van der Waals surface area contributed by atoms with E-state index in [1.54, 1.807) is 19.2 Å². The standard InChI is InChI=1S/C16H17BrFNO2/c1-3-21-15-6-4-5-11(16(15)20-2)10-19-14-9-12(17)7-8-13(14)18/h4-9,19H,3,10H2,1-2H3. The first kappa shape index (κ1) is 15.6. The number of hydrogen-bond acceptors (Lipinski definition) is 3. The third-order valence-corrected chi connectivity index (χ3v) is 3.46. The largest absolute Gasteiger partial charge is 0.493 e. The summed E-state index contributed by atoms with van der Waals surface area (Å²) >= 11 is 3.33. The Morgan fingerprint density at radius 2 is 2.05 bits per heavy atom. The molecule has 2 aromatic rings. The maximum atomic E-state index is 13.7. The van der Waals surface area contributed by atoms with Crippen LogP contribution in [0.1, 0.15) is 12.5 Å². The number of methoxy groups -OCH3 is 1. The van der Waals surface area contributed by atoms with E-state index in [1.807, 2.05) is 25.1 Å². The van der Waals surface area contributed by atoms with Gasteiger partial charge in [0, 0.05) is 16.6 Å². The Labute approximate surface area is 132 Å². The molecule has 0 fully saturated rings. The molecular formula is C16H17BrFNO2. The highest BCUT2D eigenvalue weighted by atomic mass is 79.9. The van der Waals surface area contributed by atoms with Crippen LogP contribution in [-0.4, -0.2) is 13.7 Å². The molecule has 0 unspecified atom stereocenters. The quantitative estimate of drug-likeness (QED) is 0.822. The van der Waals surface area contributed by atoms with Crippen molar-refractivity contribution >= 4 is 21.6 Å². The molecule has 0 saturated carbocycles. The second kappa shape index (κ2) is 7.31. The first-order valence-electron chi connectivity index (χ1n) is 6.63. The molecule has 1 N–H and O–H groups in total. The third kappa shape index (κ3) is 3.88. The van der Waals surface area contributed by atoms with Crippen LogP contribution in [0.2, 0.25) is 0 Å². The Balaban J connectivity index is 2.19. The maximum absolute atomic E-state index is 13.7. The minimum absolute atomic E-state index is 0.293. The zero-order valence-electron chi connectivity index (χ0n) is 12.0. The molecule has 0 atom stereocenters. The third-order valence-electron chi connectivity index (χ3n) is 2.96. The Morgan fingerprint density at radius 3 is 2.76 bits per heavy atom. The van der Waals surface area contributed by atoms with Crippen molar-refractivity contribution in [3.8, 4) is 11.5 Å². The van der Waals surface area contributed by atoms with Crippen molar-refractivity contribution in [3.63, 3.8) is 0 Å². The summed E-state index contributed by atoms with van der Waals surface area (Å²) in [4.78, 5) is 0. The number of ether oxygens (including phenoxy) is 2. The molecule has 0 saturated heterocycles. The number of halogens is 2. The smallest absolute Gasteiger partial charge is 0.165 e. The number of nitrogens with one attached hydrogen (secondary N) is 1. The lowest BCUT2D eigenvalue weighted by atomic mass is 10.1. The fourth-order valence-corrected chi connectivity index (χ4v) is 2.39. The number of hydrogen-bond donors (Lipinski definition) is 1. The van der Waals surface area contributed by atoms with Crippen molar-refractivity contribution in [1.82, 2.24) is 0 Å². The van der Waals surface area contributed by atoms with Crippen LogP contribution in [0.15, 0.2) is 40.9 Å². The molecule has 5 heteroatoms. The Kier molecular flexibility index (Phi) is 5.44. The van der Waals surface area contributed by atoms with Gasteiger partial charge in [-0.05, 0) is 31.2 Å². The van der Waals surface area contributed by atoms with Gasteiger partial charge in [0.25, 0.3) is 0 Å². The molecule has 0 bridgehead atoms. The molecule has 0 radical (unpaired) electrons. The topological polar surface area (TPSA) is 30.5 Å². The molecule has 3 nitrogen and oxygen atoms in total. The zero-order valence-corrected chi connectivity index (χ0v) is 13.5. The molecule has 21 heavy (non-hydrogen) atoms. The van der Waals surface area contributed by atoms with Gasteiger partial charge in [-0.25, -0.2) is 4.39 Å². The van der Waals surface area contributed by atoms with E-state index in [-0.39, 0.29) is 5.82 Å². The average molecular weight is 354 g/mol. The van der Waals surface area contributed by atoms with Crippen molar-refractivity contribution in [2.24, 2.45) is 0 Å². The zero-order chi connectivity index (χ0) is 15.2. The predicted octanol–water partition coefficient (Wildman–Crippen LogP) is 4.61. The summed E-state index contributed by atoms with van der Waals surface area (Å²) in [5, 5.41) is 3.07. The van der Waals surface area contributed by atoms with Crippen LogP contribution in [-0.2, 0) is 6.54 Å². The van der Waals surface area contributed by atoms with Gasteiger partial charge in [-0.3, -0.25) is 0 Å². The van der Waals surface area contributed by atoms with Gasteiger partial charge in [0.2, 0.25) is 0 Å². The van der Waals surface area contributed by atoms with Crippen molar-refractivity contribution in [2.45, 2.75) is 13.5 Å². The lowest BCUT2D eigenvalue weighted by Crippen LogP contribution is -2.05. The average Bonchev–Trinajstić information content (AvgIpc) is 2.48. The molecule has 2 aromatic carbocycles. The molecule has 0 amide bonds. The van der Waals surface area contributed by atoms with E-state index in [2.05, 4.69) is 21.2 Å². The van der Waals surface area contributed by atoms with E-state index in [4.69, 9.17) is 9.47 Å². The summed E-state index contributed by atoms with van der Waals surface area (Å²) in [5.74, 6) is 1.06. The highest BCUT2D eigenvalue weighted by Gasteiger charge is 2.10.